The average molecular weight is 404 g/mol. The Kier molecular flexibility index (Phi) is 6.46. The smallest absolute Gasteiger partial charge is 0.354 e. The van der Waals surface area contributed by atoms with Crippen LogP contribution in [-0.2, 0) is 4.43 Å². The van der Waals surface area contributed by atoms with Crippen molar-refractivity contribution >= 4 is 20.2 Å². The molecule has 0 unspecified atom stereocenters. The van der Waals surface area contributed by atoms with E-state index in [4.69, 9.17) is 4.43 Å². The third kappa shape index (κ3) is 4.69. The molecule has 2 N–H and O–H groups in total. The Hall–Kier alpha value is -2.45. The summed E-state index contributed by atoms with van der Waals surface area (Å²) in [6.07, 6.45) is 0. The summed E-state index contributed by atoms with van der Waals surface area (Å²) in [5.41, 5.74) is 0.884. The van der Waals surface area contributed by atoms with Crippen molar-refractivity contribution in [2.24, 2.45) is 0 Å². The van der Waals surface area contributed by atoms with E-state index < -0.39 is 26.2 Å². The highest BCUT2D eigenvalue weighted by Gasteiger charge is 2.38. The number of nitrogens with one attached hydrogen (secondary N) is 1. The number of carboxylic acid groups (broad SMARTS) is 1. The second-order valence-corrected chi connectivity index (χ2v) is 13.1. The number of benzene rings is 1. The zero-order chi connectivity index (χ0) is 21.1. The summed E-state index contributed by atoms with van der Waals surface area (Å²) >= 11 is 0. The number of carboxylic acids is 1. The Labute approximate surface area is 166 Å². The summed E-state index contributed by atoms with van der Waals surface area (Å²) in [7, 11) is -0.585. The highest BCUT2D eigenvalue weighted by atomic mass is 28.4. The molecule has 2 aromatic rings. The number of rotatable bonds is 7. The minimum absolute atomic E-state index is 0.0151. The van der Waals surface area contributed by atoms with Crippen LogP contribution in [0.25, 0.3) is 0 Å². The molecule has 1 heterocycles. The minimum atomic E-state index is -2.07. The number of hydrogen-bond acceptors (Lipinski definition) is 4. The van der Waals surface area contributed by atoms with Gasteiger partial charge in [0.15, 0.2) is 14.0 Å². The van der Waals surface area contributed by atoms with Crippen LogP contribution in [0.2, 0.25) is 18.1 Å². The fourth-order valence-electron chi connectivity index (χ4n) is 2.52. The summed E-state index contributed by atoms with van der Waals surface area (Å²) in [5, 5.41) is 16.5. The van der Waals surface area contributed by atoms with E-state index in [9.17, 15) is 14.7 Å². The van der Waals surface area contributed by atoms with E-state index in [0.717, 1.165) is 5.56 Å². The van der Waals surface area contributed by atoms with Crippen LogP contribution >= 0.6 is 0 Å². The molecule has 1 aromatic carbocycles. The van der Waals surface area contributed by atoms with Crippen molar-refractivity contribution in [2.45, 2.75) is 44.9 Å². The minimum Gasteiger partial charge on any atom is -0.477 e. The Morgan fingerprint density at radius 2 is 1.86 bits per heavy atom. The van der Waals surface area contributed by atoms with Crippen LogP contribution < -0.4 is 5.32 Å². The van der Waals surface area contributed by atoms with E-state index in [1.54, 1.807) is 0 Å². The van der Waals surface area contributed by atoms with Crippen molar-refractivity contribution in [2.75, 3.05) is 13.7 Å². The lowest BCUT2D eigenvalue weighted by molar-refractivity contribution is 0.0679. The van der Waals surface area contributed by atoms with Crippen LogP contribution in [0.3, 0.4) is 0 Å². The Morgan fingerprint density at radius 3 is 2.36 bits per heavy atom. The van der Waals surface area contributed by atoms with Gasteiger partial charge in [-0.25, -0.2) is 9.48 Å². The number of hydrogen-bond donors (Lipinski definition) is 2. The van der Waals surface area contributed by atoms with Gasteiger partial charge in [0.1, 0.15) is 5.69 Å². The molecule has 0 saturated heterocycles. The van der Waals surface area contributed by atoms with Gasteiger partial charge >= 0.3 is 5.97 Å². The number of aromatic nitrogens is 2. The molecule has 0 aliphatic heterocycles. The van der Waals surface area contributed by atoms with E-state index in [0.29, 0.717) is 0 Å². The lowest BCUT2D eigenvalue weighted by Crippen LogP contribution is -2.42. The summed E-state index contributed by atoms with van der Waals surface area (Å²) in [5.74, 6) is -1.57. The Balaban J connectivity index is 2.50. The van der Waals surface area contributed by atoms with Gasteiger partial charge in [0, 0.05) is 13.1 Å². The van der Waals surface area contributed by atoms with Crippen LogP contribution in [-0.4, -0.2) is 48.7 Å². The maximum atomic E-state index is 12.0. The molecule has 0 spiro atoms. The van der Waals surface area contributed by atoms with Crippen LogP contribution in [0.4, 0.5) is 0 Å². The molecule has 1 amide bonds. The normalized spacial score (nSPS) is 13.2. The number of carbonyl (C=O) groups is 2. The molecule has 0 saturated carbocycles. The van der Waals surface area contributed by atoms with E-state index in [2.05, 4.69) is 44.3 Å². The third-order valence-corrected chi connectivity index (χ3v) is 9.80. The van der Waals surface area contributed by atoms with E-state index in [1.165, 1.54) is 17.8 Å². The summed E-state index contributed by atoms with van der Waals surface area (Å²) in [6.45, 7) is 11.0. The molecular weight excluding hydrogens is 374 g/mol. The molecular formula is C20H29N3O4Si. The Bertz CT molecular complexity index is 841. The molecule has 152 valence electrons. The molecule has 0 fully saturated rings. The molecule has 7 nitrogen and oxygen atoms in total. The SMILES string of the molecule is CNC(=O)c1cc(C(=O)O)n([C@@H](CO[Si](C)(C)C(C)(C)C)c2ccccc2)n1. The molecule has 0 aliphatic rings. The van der Waals surface area contributed by atoms with E-state index in [-0.39, 0.29) is 23.0 Å². The molecule has 8 heteroatoms. The fraction of sp³-hybridized carbons (Fsp3) is 0.450. The van der Waals surface area contributed by atoms with Gasteiger partial charge in [0.2, 0.25) is 0 Å². The number of amides is 1. The van der Waals surface area contributed by atoms with Crippen LogP contribution in [0.5, 0.6) is 0 Å². The topological polar surface area (TPSA) is 93.5 Å². The maximum absolute atomic E-state index is 12.0. The monoisotopic (exact) mass is 403 g/mol. The lowest BCUT2D eigenvalue weighted by atomic mass is 10.1. The van der Waals surface area contributed by atoms with Gasteiger partial charge in [-0.3, -0.25) is 4.79 Å². The van der Waals surface area contributed by atoms with E-state index >= 15 is 0 Å². The largest absolute Gasteiger partial charge is 0.477 e. The van der Waals surface area contributed by atoms with Crippen molar-refractivity contribution in [1.29, 1.82) is 0 Å². The van der Waals surface area contributed by atoms with Crippen molar-refractivity contribution in [3.63, 3.8) is 0 Å². The van der Waals surface area contributed by atoms with Crippen molar-refractivity contribution in [1.82, 2.24) is 15.1 Å². The maximum Gasteiger partial charge on any atom is 0.354 e. The average Bonchev–Trinajstić information content (AvgIpc) is 3.06. The van der Waals surface area contributed by atoms with Gasteiger partial charge in [-0.15, -0.1) is 0 Å². The van der Waals surface area contributed by atoms with Crippen molar-refractivity contribution < 1.29 is 19.1 Å². The van der Waals surface area contributed by atoms with Crippen molar-refractivity contribution in [3.8, 4) is 0 Å². The second-order valence-electron chi connectivity index (χ2n) is 8.24. The van der Waals surface area contributed by atoms with E-state index in [1.807, 2.05) is 30.3 Å². The summed E-state index contributed by atoms with van der Waals surface area (Å²) in [4.78, 5) is 23.8. The molecule has 28 heavy (non-hydrogen) atoms. The first-order valence-electron chi connectivity index (χ1n) is 9.22. The van der Waals surface area contributed by atoms with Gasteiger partial charge < -0.3 is 14.8 Å². The predicted molar refractivity (Wildman–Crippen MR) is 110 cm³/mol. The third-order valence-electron chi connectivity index (χ3n) is 5.30. The van der Waals surface area contributed by atoms with Crippen molar-refractivity contribution in [3.05, 3.63) is 53.3 Å². The lowest BCUT2D eigenvalue weighted by Gasteiger charge is -2.37. The van der Waals surface area contributed by atoms with Gasteiger partial charge in [0.05, 0.1) is 12.6 Å². The highest BCUT2D eigenvalue weighted by molar-refractivity contribution is 6.74. The standard InChI is InChI=1S/C20H29N3O4Si/c1-20(2,3)28(5,6)27-13-17(14-10-8-7-9-11-14)23-16(19(25)26)12-15(22-23)18(24)21-4/h7-12,17H,13H2,1-6H3,(H,21,24)(H,25,26)/t17-/m0/s1. The van der Waals surface area contributed by atoms with Crippen LogP contribution in [0.1, 0.15) is 53.4 Å². The predicted octanol–water partition coefficient (Wildman–Crippen LogP) is 3.55. The van der Waals surface area contributed by atoms with Gasteiger partial charge in [-0.2, -0.15) is 5.10 Å². The van der Waals surface area contributed by atoms with Gasteiger partial charge in [0.25, 0.3) is 5.91 Å². The summed E-state index contributed by atoms with van der Waals surface area (Å²) in [6, 6.07) is 10.3. The molecule has 1 atom stereocenters. The summed E-state index contributed by atoms with van der Waals surface area (Å²) < 4.78 is 7.76. The Morgan fingerprint density at radius 1 is 1.25 bits per heavy atom. The number of aromatic carboxylic acids is 1. The number of nitrogens with zero attached hydrogens (tertiary/aromatic N) is 2. The van der Waals surface area contributed by atoms with Crippen LogP contribution in [0.15, 0.2) is 36.4 Å². The first kappa shape index (κ1) is 21.8. The second kappa shape index (κ2) is 8.28. The first-order valence-corrected chi connectivity index (χ1v) is 12.1. The molecule has 1 aromatic heterocycles. The molecule has 0 bridgehead atoms. The van der Waals surface area contributed by atoms with Gasteiger partial charge in [-0.05, 0) is 23.7 Å². The van der Waals surface area contributed by atoms with Gasteiger partial charge in [-0.1, -0.05) is 51.1 Å². The highest BCUT2D eigenvalue weighted by Crippen LogP contribution is 2.37. The quantitative estimate of drug-likeness (QED) is 0.690. The molecule has 0 radical (unpaired) electrons. The molecule has 2 rings (SSSR count). The number of carbonyl (C=O) groups excluding carboxylic acids is 1. The zero-order valence-electron chi connectivity index (χ0n) is 17.3. The first-order chi connectivity index (χ1) is 13.0. The van der Waals surface area contributed by atoms with Crippen LogP contribution in [0, 0.1) is 0 Å². The fourth-order valence-corrected chi connectivity index (χ4v) is 3.53. The molecule has 0 aliphatic carbocycles. The zero-order valence-corrected chi connectivity index (χ0v) is 18.3.